The van der Waals surface area contributed by atoms with Crippen LogP contribution in [-0.2, 0) is 17.1 Å². The maximum Gasteiger partial charge on any atom is 0.261 e. The first-order chi connectivity index (χ1) is 18.1. The zero-order chi connectivity index (χ0) is 27.4. The van der Waals surface area contributed by atoms with E-state index in [1.54, 1.807) is 35.7 Å². The molecule has 3 atom stereocenters. The number of pyridine rings is 1. The van der Waals surface area contributed by atoms with Crippen LogP contribution in [0.2, 0.25) is 0 Å². The number of aryl methyl sites for hydroxylation is 1. The lowest BCUT2D eigenvalue weighted by molar-refractivity contribution is 0.0373. The van der Waals surface area contributed by atoms with Crippen molar-refractivity contribution in [3.63, 3.8) is 0 Å². The number of benzene rings is 1. The van der Waals surface area contributed by atoms with E-state index in [-0.39, 0.29) is 48.0 Å². The van der Waals surface area contributed by atoms with Crippen LogP contribution in [0, 0.1) is 5.92 Å². The second-order valence-electron chi connectivity index (χ2n) is 9.65. The Hall–Kier alpha value is -3.54. The number of carbonyl (C=O) groups excluding carboxylic acids is 1. The van der Waals surface area contributed by atoms with E-state index >= 15 is 0 Å². The lowest BCUT2D eigenvalue weighted by Gasteiger charge is -2.37. The SMILES string of the molecule is C[C@@H]1CN([C@H](C)CO)C(=O)c2cc(/C=C/c3ccccc3)cnc2O[C@H]1CN(C)S(=O)(=O)c1cn(C)cn1. The van der Waals surface area contributed by atoms with Gasteiger partial charge in [-0.2, -0.15) is 4.31 Å². The zero-order valence-electron chi connectivity index (χ0n) is 21.9. The Balaban J connectivity index is 1.66. The topological polar surface area (TPSA) is 118 Å². The van der Waals surface area contributed by atoms with Crippen LogP contribution >= 0.6 is 0 Å². The fraction of sp³-hybridized carbons (Fsp3) is 0.370. The van der Waals surface area contributed by atoms with Crippen LogP contribution in [0.1, 0.15) is 35.3 Å². The Morgan fingerprint density at radius 2 is 1.92 bits per heavy atom. The first-order valence-electron chi connectivity index (χ1n) is 12.4. The van der Waals surface area contributed by atoms with Crippen molar-refractivity contribution in [3.8, 4) is 5.88 Å². The van der Waals surface area contributed by atoms with Crippen LogP contribution in [-0.4, -0.2) is 82.1 Å². The van der Waals surface area contributed by atoms with E-state index in [2.05, 4.69) is 9.97 Å². The summed E-state index contributed by atoms with van der Waals surface area (Å²) in [6, 6.07) is 11.0. The quantitative estimate of drug-likeness (QED) is 0.467. The molecule has 2 aromatic heterocycles. The molecule has 11 heteroatoms. The fourth-order valence-electron chi connectivity index (χ4n) is 4.22. The van der Waals surface area contributed by atoms with Gasteiger partial charge in [-0.1, -0.05) is 49.4 Å². The molecule has 0 saturated carbocycles. The standard InChI is InChI=1S/C27H33N5O5S/c1-19-14-32(20(2)17-33)27(34)23-12-22(11-10-21-8-6-5-7-9-21)13-28-26(23)37-24(19)15-31(4)38(35,36)25-16-30(3)18-29-25/h5-13,16,18-20,24,33H,14-15,17H2,1-4H3/b11-10+/t19-,20-,24+/m1/s1. The smallest absolute Gasteiger partial charge is 0.261 e. The Bertz CT molecular complexity index is 1410. The van der Waals surface area contributed by atoms with E-state index in [1.165, 1.54) is 23.9 Å². The second-order valence-corrected chi connectivity index (χ2v) is 11.6. The maximum atomic E-state index is 13.6. The first-order valence-corrected chi connectivity index (χ1v) is 13.8. The van der Waals surface area contributed by atoms with Crippen molar-refractivity contribution in [2.75, 3.05) is 26.7 Å². The normalized spacial score (nSPS) is 19.2. The summed E-state index contributed by atoms with van der Waals surface area (Å²) >= 11 is 0. The van der Waals surface area contributed by atoms with Gasteiger partial charge in [0.1, 0.15) is 11.7 Å². The van der Waals surface area contributed by atoms with Gasteiger partial charge in [-0.25, -0.2) is 18.4 Å². The molecule has 1 aromatic carbocycles. The minimum atomic E-state index is -3.85. The van der Waals surface area contributed by atoms with Gasteiger partial charge >= 0.3 is 0 Å². The zero-order valence-corrected chi connectivity index (χ0v) is 22.7. The molecule has 38 heavy (non-hydrogen) atoms. The van der Waals surface area contributed by atoms with Gasteiger partial charge in [0.15, 0.2) is 5.03 Å². The number of likely N-dealkylation sites (N-methyl/N-ethyl adjacent to an activating group) is 1. The fourth-order valence-corrected chi connectivity index (χ4v) is 5.36. The number of imidazole rings is 1. The average molecular weight is 540 g/mol. The summed E-state index contributed by atoms with van der Waals surface area (Å²) in [5, 5.41) is 9.81. The van der Waals surface area contributed by atoms with Crippen molar-refractivity contribution in [1.29, 1.82) is 0 Å². The van der Waals surface area contributed by atoms with Crippen molar-refractivity contribution < 1.29 is 23.1 Å². The molecule has 1 N–H and O–H groups in total. The van der Waals surface area contributed by atoms with E-state index in [4.69, 9.17) is 4.74 Å². The second kappa shape index (κ2) is 11.5. The molecule has 1 aliphatic rings. The lowest BCUT2D eigenvalue weighted by Crippen LogP contribution is -2.50. The molecular weight excluding hydrogens is 506 g/mol. The van der Waals surface area contributed by atoms with Crippen LogP contribution in [0.3, 0.4) is 0 Å². The third-order valence-electron chi connectivity index (χ3n) is 6.60. The van der Waals surface area contributed by atoms with E-state index in [0.717, 1.165) is 5.56 Å². The summed E-state index contributed by atoms with van der Waals surface area (Å²) in [5.41, 5.74) is 1.97. The van der Waals surface area contributed by atoms with Crippen LogP contribution in [0.4, 0.5) is 0 Å². The number of rotatable bonds is 8. The Kier molecular flexibility index (Phi) is 8.29. The third-order valence-corrected chi connectivity index (χ3v) is 8.31. The summed E-state index contributed by atoms with van der Waals surface area (Å²) < 4.78 is 35.2. The molecule has 1 amide bonds. The number of carbonyl (C=O) groups is 1. The van der Waals surface area contributed by atoms with E-state index < -0.39 is 22.2 Å². The molecule has 4 rings (SSSR count). The highest BCUT2D eigenvalue weighted by atomic mass is 32.2. The van der Waals surface area contributed by atoms with Gasteiger partial charge in [0.05, 0.1) is 25.5 Å². The van der Waals surface area contributed by atoms with Crippen LogP contribution in [0.25, 0.3) is 12.2 Å². The number of aromatic nitrogens is 3. The molecule has 3 heterocycles. The predicted octanol–water partition coefficient (Wildman–Crippen LogP) is 2.53. The first kappa shape index (κ1) is 27.5. The molecule has 0 aliphatic carbocycles. The summed E-state index contributed by atoms with van der Waals surface area (Å²) in [6.45, 7) is 3.73. The minimum Gasteiger partial charge on any atom is -0.472 e. The number of aliphatic hydroxyl groups is 1. The Labute approximate surface area is 223 Å². The predicted molar refractivity (Wildman–Crippen MR) is 144 cm³/mol. The number of hydrogen-bond donors (Lipinski definition) is 1. The summed E-state index contributed by atoms with van der Waals surface area (Å²) in [4.78, 5) is 23.6. The van der Waals surface area contributed by atoms with Crippen molar-refractivity contribution >= 4 is 28.1 Å². The molecular formula is C27H33N5O5S. The van der Waals surface area contributed by atoms with E-state index in [0.29, 0.717) is 5.56 Å². The van der Waals surface area contributed by atoms with Crippen LogP contribution in [0.15, 0.2) is 60.1 Å². The van der Waals surface area contributed by atoms with Crippen LogP contribution in [0.5, 0.6) is 5.88 Å². The molecule has 1 aliphatic heterocycles. The molecule has 0 bridgehead atoms. The van der Waals surface area contributed by atoms with Gasteiger partial charge in [0.2, 0.25) is 5.88 Å². The highest BCUT2D eigenvalue weighted by molar-refractivity contribution is 7.89. The molecule has 0 radical (unpaired) electrons. The molecule has 0 saturated heterocycles. The van der Waals surface area contributed by atoms with Crippen LogP contribution < -0.4 is 4.74 Å². The van der Waals surface area contributed by atoms with E-state index in [1.807, 2.05) is 49.4 Å². The van der Waals surface area contributed by atoms with Gasteiger partial charge in [-0.15, -0.1) is 0 Å². The molecule has 0 unspecified atom stereocenters. The van der Waals surface area contributed by atoms with Gasteiger partial charge in [0, 0.05) is 39.0 Å². The Morgan fingerprint density at radius 3 is 2.58 bits per heavy atom. The number of ether oxygens (including phenoxy) is 1. The molecule has 10 nitrogen and oxygen atoms in total. The number of amides is 1. The van der Waals surface area contributed by atoms with Crippen molar-refractivity contribution in [3.05, 3.63) is 71.8 Å². The number of hydrogen-bond acceptors (Lipinski definition) is 7. The largest absolute Gasteiger partial charge is 0.472 e. The van der Waals surface area contributed by atoms with Crippen molar-refractivity contribution in [1.82, 2.24) is 23.7 Å². The number of sulfonamides is 1. The highest BCUT2D eigenvalue weighted by Gasteiger charge is 2.36. The molecule has 0 spiro atoms. The molecule has 202 valence electrons. The van der Waals surface area contributed by atoms with Crippen molar-refractivity contribution in [2.24, 2.45) is 13.0 Å². The van der Waals surface area contributed by atoms with Gasteiger partial charge in [-0.05, 0) is 24.1 Å². The number of fused-ring (bicyclic) bond motifs is 1. The highest BCUT2D eigenvalue weighted by Crippen LogP contribution is 2.28. The summed E-state index contributed by atoms with van der Waals surface area (Å²) in [7, 11) is -0.677. The van der Waals surface area contributed by atoms with Crippen molar-refractivity contribution in [2.45, 2.75) is 31.0 Å². The summed E-state index contributed by atoms with van der Waals surface area (Å²) in [5.74, 6) is -0.437. The number of aliphatic hydroxyl groups excluding tert-OH is 1. The minimum absolute atomic E-state index is 0.0202. The van der Waals surface area contributed by atoms with E-state index in [9.17, 15) is 18.3 Å². The number of nitrogens with zero attached hydrogens (tertiary/aromatic N) is 5. The lowest BCUT2D eigenvalue weighted by atomic mass is 10.00. The maximum absolute atomic E-state index is 13.6. The molecule has 0 fully saturated rings. The average Bonchev–Trinajstić information content (AvgIpc) is 3.36. The monoisotopic (exact) mass is 539 g/mol. The van der Waals surface area contributed by atoms with Gasteiger partial charge in [0.25, 0.3) is 15.9 Å². The van der Waals surface area contributed by atoms with Gasteiger partial charge < -0.3 is 19.3 Å². The van der Waals surface area contributed by atoms with Gasteiger partial charge in [-0.3, -0.25) is 4.79 Å². The third kappa shape index (κ3) is 5.95. The molecule has 3 aromatic rings. The Morgan fingerprint density at radius 1 is 1.21 bits per heavy atom. The summed E-state index contributed by atoms with van der Waals surface area (Å²) in [6.07, 6.45) is 7.66.